The van der Waals surface area contributed by atoms with Gasteiger partial charge in [0.1, 0.15) is 0 Å². The number of para-hydroxylation sites is 2. The van der Waals surface area contributed by atoms with Crippen LogP contribution in [0.2, 0.25) is 0 Å². The molecule has 0 radical (unpaired) electrons. The van der Waals surface area contributed by atoms with Gasteiger partial charge in [0.15, 0.2) is 0 Å². The van der Waals surface area contributed by atoms with E-state index in [0.717, 1.165) is 12.8 Å². The van der Waals surface area contributed by atoms with Gasteiger partial charge in [-0.05, 0) is 25.0 Å². The first kappa shape index (κ1) is 13.2. The van der Waals surface area contributed by atoms with Gasteiger partial charge in [0, 0.05) is 12.6 Å². The predicted molar refractivity (Wildman–Crippen MR) is 71.9 cm³/mol. The van der Waals surface area contributed by atoms with E-state index < -0.39 is 5.97 Å². The number of carboxylic acids is 1. The first-order valence-corrected chi connectivity index (χ1v) is 6.22. The van der Waals surface area contributed by atoms with E-state index in [1.165, 1.54) is 0 Å². The monoisotopic (exact) mass is 263 g/mol. The molecule has 0 unspecified atom stereocenters. The van der Waals surface area contributed by atoms with E-state index in [1.807, 2.05) is 0 Å². The number of rotatable bonds is 5. The second-order valence-corrected chi connectivity index (χ2v) is 4.59. The van der Waals surface area contributed by atoms with E-state index in [-0.39, 0.29) is 25.0 Å². The number of carbonyl (C=O) groups is 2. The molecule has 4 N–H and O–H groups in total. The van der Waals surface area contributed by atoms with Crippen LogP contribution in [-0.4, -0.2) is 34.6 Å². The lowest BCUT2D eigenvalue weighted by Crippen LogP contribution is -2.38. The Labute approximate surface area is 111 Å². The van der Waals surface area contributed by atoms with Crippen molar-refractivity contribution < 1.29 is 14.7 Å². The summed E-state index contributed by atoms with van der Waals surface area (Å²) in [4.78, 5) is 24.3. The van der Waals surface area contributed by atoms with Crippen molar-refractivity contribution in [1.82, 2.24) is 4.90 Å². The average molecular weight is 263 g/mol. The van der Waals surface area contributed by atoms with E-state index in [1.54, 1.807) is 29.2 Å². The molecule has 1 aliphatic rings. The van der Waals surface area contributed by atoms with Gasteiger partial charge in [-0.2, -0.15) is 0 Å². The third-order valence-corrected chi connectivity index (χ3v) is 3.02. The topological polar surface area (TPSA) is 95.7 Å². The quantitative estimate of drug-likeness (QED) is 0.705. The molecule has 1 saturated carbocycles. The molecule has 2 amide bonds. The van der Waals surface area contributed by atoms with Gasteiger partial charge in [0.05, 0.1) is 17.8 Å². The van der Waals surface area contributed by atoms with Crippen molar-refractivity contribution in [3.05, 3.63) is 24.3 Å². The van der Waals surface area contributed by atoms with Gasteiger partial charge in [0.25, 0.3) is 0 Å². The number of nitrogens with zero attached hydrogens (tertiary/aromatic N) is 1. The van der Waals surface area contributed by atoms with Gasteiger partial charge >= 0.3 is 12.0 Å². The fraction of sp³-hybridized carbons (Fsp3) is 0.385. The number of carbonyl (C=O) groups excluding carboxylic acids is 1. The maximum Gasteiger partial charge on any atom is 0.322 e. The second kappa shape index (κ2) is 5.60. The normalized spacial score (nSPS) is 13.9. The summed E-state index contributed by atoms with van der Waals surface area (Å²) < 4.78 is 0. The summed E-state index contributed by atoms with van der Waals surface area (Å²) in [5.41, 5.74) is 6.80. The molecule has 0 bridgehead atoms. The predicted octanol–water partition coefficient (Wildman–Crippen LogP) is 1.74. The molecule has 0 saturated heterocycles. The SMILES string of the molecule is Nc1ccccc1NC(=O)N(CCC(=O)O)C1CC1. The molecule has 2 rings (SSSR count). The number of urea groups is 1. The highest BCUT2D eigenvalue weighted by molar-refractivity contribution is 5.93. The highest BCUT2D eigenvalue weighted by atomic mass is 16.4. The second-order valence-electron chi connectivity index (χ2n) is 4.59. The lowest BCUT2D eigenvalue weighted by molar-refractivity contribution is -0.137. The third kappa shape index (κ3) is 3.61. The molecule has 102 valence electrons. The standard InChI is InChI=1S/C13H17N3O3/c14-10-3-1-2-4-11(10)15-13(19)16(9-5-6-9)8-7-12(17)18/h1-4,9H,5-8,14H2,(H,15,19)(H,17,18). The maximum absolute atomic E-state index is 12.1. The molecule has 0 aromatic heterocycles. The molecule has 6 heteroatoms. The molecule has 19 heavy (non-hydrogen) atoms. The fourth-order valence-corrected chi connectivity index (χ4v) is 1.85. The number of nitrogens with one attached hydrogen (secondary N) is 1. The molecule has 0 heterocycles. The van der Waals surface area contributed by atoms with Crippen molar-refractivity contribution in [3.63, 3.8) is 0 Å². The van der Waals surface area contributed by atoms with Crippen molar-refractivity contribution in [2.45, 2.75) is 25.3 Å². The highest BCUT2D eigenvalue weighted by Crippen LogP contribution is 2.28. The van der Waals surface area contributed by atoms with Crippen molar-refractivity contribution in [2.75, 3.05) is 17.6 Å². The number of nitrogens with two attached hydrogens (primary N) is 1. The Kier molecular flexibility index (Phi) is 3.89. The molecule has 0 aliphatic heterocycles. The van der Waals surface area contributed by atoms with E-state index in [2.05, 4.69) is 5.32 Å². The van der Waals surface area contributed by atoms with Crippen molar-refractivity contribution in [3.8, 4) is 0 Å². The number of amides is 2. The zero-order chi connectivity index (χ0) is 13.8. The van der Waals surface area contributed by atoms with E-state index >= 15 is 0 Å². The van der Waals surface area contributed by atoms with Gasteiger partial charge in [-0.1, -0.05) is 12.1 Å². The summed E-state index contributed by atoms with van der Waals surface area (Å²) in [6.45, 7) is 0.221. The fourth-order valence-electron chi connectivity index (χ4n) is 1.85. The van der Waals surface area contributed by atoms with Gasteiger partial charge in [-0.15, -0.1) is 0 Å². The van der Waals surface area contributed by atoms with Crippen molar-refractivity contribution in [1.29, 1.82) is 0 Å². The Balaban J connectivity index is 1.99. The van der Waals surface area contributed by atoms with Gasteiger partial charge in [-0.25, -0.2) is 4.79 Å². The molecule has 1 aliphatic carbocycles. The van der Waals surface area contributed by atoms with Crippen LogP contribution < -0.4 is 11.1 Å². The summed E-state index contributed by atoms with van der Waals surface area (Å²) in [6.07, 6.45) is 1.81. The van der Waals surface area contributed by atoms with Crippen LogP contribution in [0, 0.1) is 0 Å². The first-order valence-electron chi connectivity index (χ1n) is 6.22. The summed E-state index contributed by atoms with van der Waals surface area (Å²) in [7, 11) is 0. The molecule has 6 nitrogen and oxygen atoms in total. The number of nitrogen functional groups attached to an aromatic ring is 1. The molecule has 1 aromatic rings. The average Bonchev–Trinajstić information content (AvgIpc) is 3.16. The van der Waals surface area contributed by atoms with E-state index in [9.17, 15) is 9.59 Å². The largest absolute Gasteiger partial charge is 0.481 e. The van der Waals surface area contributed by atoms with Gasteiger partial charge in [-0.3, -0.25) is 4.79 Å². The lowest BCUT2D eigenvalue weighted by atomic mass is 10.3. The zero-order valence-electron chi connectivity index (χ0n) is 10.5. The van der Waals surface area contributed by atoms with Crippen LogP contribution in [-0.2, 0) is 4.79 Å². The Morgan fingerprint density at radius 3 is 2.63 bits per heavy atom. The molecular formula is C13H17N3O3. The minimum absolute atomic E-state index is 0.0474. The summed E-state index contributed by atoms with van der Waals surface area (Å²) in [5.74, 6) is -0.905. The van der Waals surface area contributed by atoms with Crippen LogP contribution in [0.15, 0.2) is 24.3 Å². The summed E-state index contributed by atoms with van der Waals surface area (Å²) in [6, 6.07) is 6.86. The molecule has 1 aromatic carbocycles. The Hall–Kier alpha value is -2.24. The number of anilines is 2. The Morgan fingerprint density at radius 2 is 2.05 bits per heavy atom. The van der Waals surface area contributed by atoms with Crippen LogP contribution in [0.25, 0.3) is 0 Å². The van der Waals surface area contributed by atoms with Crippen LogP contribution >= 0.6 is 0 Å². The summed E-state index contributed by atoms with van der Waals surface area (Å²) in [5, 5.41) is 11.4. The van der Waals surface area contributed by atoms with Crippen LogP contribution in [0.4, 0.5) is 16.2 Å². The first-order chi connectivity index (χ1) is 9.08. The third-order valence-electron chi connectivity index (χ3n) is 3.02. The highest BCUT2D eigenvalue weighted by Gasteiger charge is 2.32. The number of benzene rings is 1. The number of hydrogen-bond acceptors (Lipinski definition) is 3. The maximum atomic E-state index is 12.1. The smallest absolute Gasteiger partial charge is 0.322 e. The molecular weight excluding hydrogens is 246 g/mol. The number of carboxylic acid groups (broad SMARTS) is 1. The lowest BCUT2D eigenvalue weighted by Gasteiger charge is -2.22. The molecule has 0 spiro atoms. The van der Waals surface area contributed by atoms with Crippen molar-refractivity contribution >= 4 is 23.4 Å². The Bertz CT molecular complexity index is 486. The molecule has 1 fully saturated rings. The van der Waals surface area contributed by atoms with Crippen molar-refractivity contribution in [2.24, 2.45) is 0 Å². The minimum atomic E-state index is -0.905. The van der Waals surface area contributed by atoms with E-state index in [0.29, 0.717) is 11.4 Å². The van der Waals surface area contributed by atoms with Gasteiger partial charge in [0.2, 0.25) is 0 Å². The zero-order valence-corrected chi connectivity index (χ0v) is 10.5. The number of hydrogen-bond donors (Lipinski definition) is 3. The van der Waals surface area contributed by atoms with E-state index in [4.69, 9.17) is 10.8 Å². The van der Waals surface area contributed by atoms with Crippen LogP contribution in [0.1, 0.15) is 19.3 Å². The summed E-state index contributed by atoms with van der Waals surface area (Å²) >= 11 is 0. The van der Waals surface area contributed by atoms with Gasteiger partial charge < -0.3 is 21.1 Å². The minimum Gasteiger partial charge on any atom is -0.481 e. The van der Waals surface area contributed by atoms with Crippen LogP contribution in [0.3, 0.4) is 0 Å². The van der Waals surface area contributed by atoms with Crippen LogP contribution in [0.5, 0.6) is 0 Å². The Morgan fingerprint density at radius 1 is 1.37 bits per heavy atom. The number of aliphatic carboxylic acids is 1. The molecule has 0 atom stereocenters.